The van der Waals surface area contributed by atoms with Gasteiger partial charge in [-0.3, -0.25) is 24.0 Å². The molecule has 0 saturated heterocycles. The lowest BCUT2D eigenvalue weighted by atomic mass is 9.44. The minimum absolute atomic E-state index is 0.0127. The molecule has 0 aromatic heterocycles. The van der Waals surface area contributed by atoms with Gasteiger partial charge in [0.1, 0.15) is 18.0 Å². The van der Waals surface area contributed by atoms with Crippen molar-refractivity contribution in [2.75, 3.05) is 7.11 Å². The Labute approximate surface area is 200 Å². The summed E-state index contributed by atoms with van der Waals surface area (Å²) in [7, 11) is 1.31. The number of ketones is 1. The van der Waals surface area contributed by atoms with Crippen molar-refractivity contribution in [3.63, 3.8) is 0 Å². The highest BCUT2D eigenvalue weighted by molar-refractivity contribution is 5.86. The molecule has 0 aromatic rings. The Morgan fingerprint density at radius 3 is 2.03 bits per heavy atom. The predicted molar refractivity (Wildman–Crippen MR) is 118 cm³/mol. The third-order valence-electron chi connectivity index (χ3n) is 8.46. The van der Waals surface area contributed by atoms with Crippen molar-refractivity contribution in [1.29, 1.82) is 0 Å². The lowest BCUT2D eigenvalue weighted by Gasteiger charge is -2.63. The Bertz CT molecular complexity index is 851. The number of rotatable bonds is 5. The number of methoxy groups -OCH3 is 1. The molecule has 0 aromatic carbocycles. The van der Waals surface area contributed by atoms with Crippen LogP contribution in [-0.4, -0.2) is 55.1 Å². The summed E-state index contributed by atoms with van der Waals surface area (Å²) in [6, 6.07) is 0. The van der Waals surface area contributed by atoms with Crippen LogP contribution in [0.4, 0.5) is 0 Å². The summed E-state index contributed by atoms with van der Waals surface area (Å²) in [4.78, 5) is 61.2. The van der Waals surface area contributed by atoms with E-state index in [-0.39, 0.29) is 35.9 Å². The molecule has 9 nitrogen and oxygen atoms in total. The average molecular weight is 481 g/mol. The van der Waals surface area contributed by atoms with Gasteiger partial charge in [0.25, 0.3) is 0 Å². The number of fused-ring (bicyclic) bond motifs is 3. The van der Waals surface area contributed by atoms with E-state index in [1.54, 1.807) is 0 Å². The van der Waals surface area contributed by atoms with Crippen molar-refractivity contribution >= 4 is 29.7 Å². The van der Waals surface area contributed by atoms with Crippen LogP contribution in [0.15, 0.2) is 0 Å². The maximum Gasteiger partial charge on any atom is 0.306 e. The molecule has 0 unspecified atom stereocenters. The number of carbonyl (C=O) groups is 5. The zero-order valence-electron chi connectivity index (χ0n) is 20.8. The van der Waals surface area contributed by atoms with Gasteiger partial charge in [-0.05, 0) is 37.0 Å². The topological polar surface area (TPSA) is 122 Å². The quantitative estimate of drug-likeness (QED) is 0.431. The molecule has 0 heterocycles. The Balaban J connectivity index is 2.09. The van der Waals surface area contributed by atoms with E-state index in [9.17, 15) is 24.0 Å². The van der Waals surface area contributed by atoms with Gasteiger partial charge >= 0.3 is 23.9 Å². The van der Waals surface area contributed by atoms with Gasteiger partial charge in [-0.2, -0.15) is 0 Å². The van der Waals surface area contributed by atoms with Crippen LogP contribution in [0.2, 0.25) is 0 Å². The molecule has 3 fully saturated rings. The van der Waals surface area contributed by atoms with Crippen molar-refractivity contribution < 1.29 is 42.9 Å². The maximum atomic E-state index is 12.9. The van der Waals surface area contributed by atoms with E-state index < -0.39 is 53.5 Å². The number of hydrogen-bond acceptors (Lipinski definition) is 9. The highest BCUT2D eigenvalue weighted by Crippen LogP contribution is 2.62. The van der Waals surface area contributed by atoms with E-state index in [4.69, 9.17) is 18.9 Å². The minimum atomic E-state index is -0.975. The highest BCUT2D eigenvalue weighted by Gasteiger charge is 2.66. The first-order chi connectivity index (χ1) is 15.9. The molecule has 9 heteroatoms. The molecule has 0 N–H and O–H groups in total. The minimum Gasteiger partial charge on any atom is -0.469 e. The Morgan fingerprint density at radius 2 is 1.47 bits per heavy atom. The number of Topliss-reactive ketones (excluding diaryl/α,β-unsaturated/α-hetero) is 1. The second kappa shape index (κ2) is 10.0. The summed E-state index contributed by atoms with van der Waals surface area (Å²) >= 11 is 0. The summed E-state index contributed by atoms with van der Waals surface area (Å²) in [5.41, 5.74) is -0.653. The molecule has 0 bridgehead atoms. The third kappa shape index (κ3) is 4.70. The molecule has 0 radical (unpaired) electrons. The van der Waals surface area contributed by atoms with Crippen LogP contribution in [0.3, 0.4) is 0 Å². The van der Waals surface area contributed by atoms with Crippen molar-refractivity contribution in [2.45, 2.75) is 85.0 Å². The average Bonchev–Trinajstić information content (AvgIpc) is 2.74. The first kappa shape index (κ1) is 26.2. The second-order valence-electron chi connectivity index (χ2n) is 10.2. The van der Waals surface area contributed by atoms with Crippen LogP contribution in [-0.2, 0) is 42.9 Å². The third-order valence-corrected chi connectivity index (χ3v) is 8.46. The first-order valence-electron chi connectivity index (χ1n) is 12.0. The summed E-state index contributed by atoms with van der Waals surface area (Å²) < 4.78 is 22.0. The molecule has 3 aliphatic rings. The number of hydrogen-bond donors (Lipinski definition) is 0. The fraction of sp³-hybridized carbons (Fsp3) is 0.800. The number of carbonyl (C=O) groups excluding carboxylic acids is 5. The summed E-state index contributed by atoms with van der Waals surface area (Å²) in [6.45, 7) is 7.87. The SMILES string of the molecule is COC(=O)C[C@@H]1C(=O)CC[C@H]2[C@H]1CC[C@H]1[C@H](C)[C@@H](OC(C)=O)[C@@H](OC(C)=O)[C@H](OC(C)=O)[C@@]12C. The summed E-state index contributed by atoms with van der Waals surface area (Å²) in [5, 5.41) is 0. The fourth-order valence-electron chi connectivity index (χ4n) is 7.24. The van der Waals surface area contributed by atoms with E-state index in [1.807, 2.05) is 13.8 Å². The van der Waals surface area contributed by atoms with Gasteiger partial charge in [-0.1, -0.05) is 13.8 Å². The smallest absolute Gasteiger partial charge is 0.306 e. The fourth-order valence-corrected chi connectivity index (χ4v) is 7.24. The highest BCUT2D eigenvalue weighted by atomic mass is 16.6. The van der Waals surface area contributed by atoms with E-state index in [0.717, 1.165) is 6.42 Å². The number of ether oxygens (including phenoxy) is 4. The summed E-state index contributed by atoms with van der Waals surface area (Å²) in [5.74, 6) is -2.77. The molecular formula is C25H36O9. The lowest BCUT2D eigenvalue weighted by Crippen LogP contribution is -2.68. The van der Waals surface area contributed by atoms with Gasteiger partial charge < -0.3 is 18.9 Å². The molecule has 0 aliphatic heterocycles. The molecule has 3 aliphatic carbocycles. The second-order valence-corrected chi connectivity index (χ2v) is 10.2. The molecule has 3 saturated carbocycles. The maximum absolute atomic E-state index is 12.9. The first-order valence-corrected chi connectivity index (χ1v) is 12.0. The van der Waals surface area contributed by atoms with E-state index in [0.29, 0.717) is 19.3 Å². The van der Waals surface area contributed by atoms with Gasteiger partial charge in [0.05, 0.1) is 13.5 Å². The molecule has 0 amide bonds. The van der Waals surface area contributed by atoms with Crippen LogP contribution < -0.4 is 0 Å². The standard InChI is InChI=1S/C25H36O9/c1-12-18-8-7-16-17(11-21(30)31-6)20(29)10-9-19(16)25(18,5)24(34-15(4)28)23(33-14(3)27)22(12)32-13(2)26/h12,16-19,22-24H,7-11H2,1-6H3/t12-,16-,17-,18-,19-,22+,23+,24-,25-/m0/s1. The molecule has 0 spiro atoms. The Morgan fingerprint density at radius 1 is 0.882 bits per heavy atom. The van der Waals surface area contributed by atoms with Crippen LogP contribution in [0.1, 0.15) is 66.7 Å². The van der Waals surface area contributed by atoms with Crippen molar-refractivity contribution in [1.82, 2.24) is 0 Å². The van der Waals surface area contributed by atoms with Gasteiger partial charge in [-0.25, -0.2) is 0 Å². The van der Waals surface area contributed by atoms with Crippen LogP contribution in [0.25, 0.3) is 0 Å². The van der Waals surface area contributed by atoms with Gasteiger partial charge in [0.2, 0.25) is 0 Å². The number of esters is 4. The van der Waals surface area contributed by atoms with Crippen molar-refractivity contribution in [3.8, 4) is 0 Å². The van der Waals surface area contributed by atoms with Gasteiger partial charge in [0, 0.05) is 44.4 Å². The van der Waals surface area contributed by atoms with Crippen LogP contribution >= 0.6 is 0 Å². The Kier molecular flexibility index (Phi) is 7.72. The predicted octanol–water partition coefficient (Wildman–Crippen LogP) is 2.62. The van der Waals surface area contributed by atoms with Crippen LogP contribution in [0, 0.1) is 35.0 Å². The van der Waals surface area contributed by atoms with E-state index in [1.165, 1.54) is 27.9 Å². The lowest BCUT2D eigenvalue weighted by molar-refractivity contribution is -0.255. The van der Waals surface area contributed by atoms with Crippen molar-refractivity contribution in [2.24, 2.45) is 35.0 Å². The van der Waals surface area contributed by atoms with Crippen LogP contribution in [0.5, 0.6) is 0 Å². The zero-order chi connectivity index (χ0) is 25.4. The Hall–Kier alpha value is -2.45. The van der Waals surface area contributed by atoms with Gasteiger partial charge in [0.15, 0.2) is 6.10 Å². The zero-order valence-corrected chi connectivity index (χ0v) is 20.8. The molecule has 9 atom stereocenters. The van der Waals surface area contributed by atoms with Gasteiger partial charge in [-0.15, -0.1) is 0 Å². The summed E-state index contributed by atoms with van der Waals surface area (Å²) in [6.07, 6.45) is -0.254. The molecule has 3 rings (SSSR count). The molecule has 34 heavy (non-hydrogen) atoms. The van der Waals surface area contributed by atoms with Crippen molar-refractivity contribution in [3.05, 3.63) is 0 Å². The van der Waals surface area contributed by atoms with E-state index in [2.05, 4.69) is 0 Å². The normalized spacial score (nSPS) is 39.2. The van der Waals surface area contributed by atoms with E-state index >= 15 is 0 Å². The monoisotopic (exact) mass is 480 g/mol. The molecule has 190 valence electrons. The molecular weight excluding hydrogens is 444 g/mol. The largest absolute Gasteiger partial charge is 0.469 e.